The molecule has 0 radical (unpaired) electrons. The van der Waals surface area contributed by atoms with Crippen LogP contribution in [0, 0.1) is 6.92 Å². The summed E-state index contributed by atoms with van der Waals surface area (Å²) >= 11 is 0. The first kappa shape index (κ1) is 25.2. The maximum absolute atomic E-state index is 13.3. The Morgan fingerprint density at radius 2 is 1.89 bits per heavy atom. The monoisotopic (exact) mass is 498 g/mol. The summed E-state index contributed by atoms with van der Waals surface area (Å²) in [6.07, 6.45) is 3.45. The SMILES string of the molecule is Cc1ccc(NC(=O)CN2C(=O)CCc3cc(S(=O)(=O)N4CCCC[C@@H]4C)ccc32)cc1N(C)C. The summed E-state index contributed by atoms with van der Waals surface area (Å²) in [5, 5.41) is 2.88. The minimum Gasteiger partial charge on any atom is -0.377 e. The number of amides is 2. The molecule has 35 heavy (non-hydrogen) atoms. The molecule has 1 N–H and O–H groups in total. The van der Waals surface area contributed by atoms with E-state index in [0.29, 0.717) is 24.3 Å². The van der Waals surface area contributed by atoms with E-state index in [1.165, 1.54) is 4.90 Å². The Bertz CT molecular complexity index is 1240. The van der Waals surface area contributed by atoms with Gasteiger partial charge in [-0.3, -0.25) is 9.59 Å². The van der Waals surface area contributed by atoms with Crippen LogP contribution in [0.1, 0.15) is 43.7 Å². The van der Waals surface area contributed by atoms with Gasteiger partial charge in [0.2, 0.25) is 21.8 Å². The number of hydrogen-bond acceptors (Lipinski definition) is 5. The summed E-state index contributed by atoms with van der Waals surface area (Å²) in [4.78, 5) is 29.2. The van der Waals surface area contributed by atoms with E-state index in [2.05, 4.69) is 5.32 Å². The standard InChI is InChI=1S/C26H34N4O4S/c1-18-8-10-21(16-24(18)28(3)4)27-25(31)17-29-23-12-11-22(15-20(23)9-13-26(29)32)35(33,34)30-14-6-5-7-19(30)2/h8,10-12,15-16,19H,5-7,9,13-14,17H2,1-4H3,(H,27,31)/t19-/m0/s1. The van der Waals surface area contributed by atoms with E-state index < -0.39 is 10.0 Å². The van der Waals surface area contributed by atoms with Crippen LogP contribution in [0.4, 0.5) is 17.1 Å². The van der Waals surface area contributed by atoms with Gasteiger partial charge < -0.3 is 15.1 Å². The van der Waals surface area contributed by atoms with Gasteiger partial charge in [-0.25, -0.2) is 8.42 Å². The molecule has 188 valence electrons. The largest absolute Gasteiger partial charge is 0.377 e. The number of hydrogen-bond donors (Lipinski definition) is 1. The second-order valence-corrected chi connectivity index (χ2v) is 11.6. The Balaban J connectivity index is 1.54. The molecule has 0 aromatic heterocycles. The maximum Gasteiger partial charge on any atom is 0.244 e. The molecule has 2 heterocycles. The van der Waals surface area contributed by atoms with Crippen LogP contribution >= 0.6 is 0 Å². The molecule has 1 atom stereocenters. The van der Waals surface area contributed by atoms with E-state index in [1.54, 1.807) is 22.5 Å². The summed E-state index contributed by atoms with van der Waals surface area (Å²) in [5.41, 5.74) is 4.12. The molecule has 1 saturated heterocycles. The number of nitrogens with zero attached hydrogens (tertiary/aromatic N) is 3. The zero-order valence-corrected chi connectivity index (χ0v) is 21.7. The second kappa shape index (κ2) is 9.99. The number of rotatable bonds is 6. The van der Waals surface area contributed by atoms with Crippen LogP contribution in [0.5, 0.6) is 0 Å². The molecule has 2 aromatic carbocycles. The van der Waals surface area contributed by atoms with Crippen LogP contribution in [0.15, 0.2) is 41.3 Å². The number of nitrogens with one attached hydrogen (secondary N) is 1. The van der Waals surface area contributed by atoms with Crippen molar-refractivity contribution in [2.75, 3.05) is 42.3 Å². The number of piperidine rings is 1. The van der Waals surface area contributed by atoms with Crippen molar-refractivity contribution in [3.63, 3.8) is 0 Å². The average Bonchev–Trinajstić information content (AvgIpc) is 2.81. The van der Waals surface area contributed by atoms with Gasteiger partial charge in [-0.15, -0.1) is 0 Å². The summed E-state index contributed by atoms with van der Waals surface area (Å²) in [6, 6.07) is 10.5. The Hall–Kier alpha value is -2.91. The lowest BCUT2D eigenvalue weighted by molar-refractivity contribution is -0.121. The van der Waals surface area contributed by atoms with Crippen LogP contribution in [0.3, 0.4) is 0 Å². The summed E-state index contributed by atoms with van der Waals surface area (Å²) in [6.45, 7) is 4.35. The van der Waals surface area contributed by atoms with Crippen LogP contribution in [-0.4, -0.2) is 57.8 Å². The third-order valence-corrected chi connectivity index (χ3v) is 8.89. The quantitative estimate of drug-likeness (QED) is 0.658. The minimum atomic E-state index is -3.61. The minimum absolute atomic E-state index is 0.0265. The molecular formula is C26H34N4O4S. The number of anilines is 3. The summed E-state index contributed by atoms with van der Waals surface area (Å²) in [7, 11) is 0.277. The number of benzene rings is 2. The van der Waals surface area contributed by atoms with Crippen LogP contribution in [0.25, 0.3) is 0 Å². The zero-order chi connectivity index (χ0) is 25.3. The van der Waals surface area contributed by atoms with Gasteiger partial charge in [-0.2, -0.15) is 4.31 Å². The van der Waals surface area contributed by atoms with Gasteiger partial charge in [0.25, 0.3) is 0 Å². The molecule has 1 fully saturated rings. The molecule has 9 heteroatoms. The lowest BCUT2D eigenvalue weighted by atomic mass is 10.0. The molecule has 2 aliphatic heterocycles. The normalized spacial score (nSPS) is 18.8. The highest BCUT2D eigenvalue weighted by Gasteiger charge is 2.33. The third kappa shape index (κ3) is 5.21. The Morgan fingerprint density at radius 3 is 2.60 bits per heavy atom. The number of sulfonamides is 1. The average molecular weight is 499 g/mol. The fraction of sp³-hybridized carbons (Fsp3) is 0.462. The van der Waals surface area contributed by atoms with Crippen molar-refractivity contribution in [3.05, 3.63) is 47.5 Å². The van der Waals surface area contributed by atoms with Gasteiger partial charge in [0, 0.05) is 50.2 Å². The lowest BCUT2D eigenvalue weighted by Gasteiger charge is -2.33. The van der Waals surface area contributed by atoms with E-state index >= 15 is 0 Å². The summed E-state index contributed by atoms with van der Waals surface area (Å²) < 4.78 is 28.2. The van der Waals surface area contributed by atoms with E-state index in [4.69, 9.17) is 0 Å². The van der Waals surface area contributed by atoms with Gasteiger partial charge in [0.15, 0.2) is 0 Å². The summed E-state index contributed by atoms with van der Waals surface area (Å²) in [5.74, 6) is -0.454. The third-order valence-electron chi connectivity index (χ3n) is 6.88. The van der Waals surface area contributed by atoms with Crippen LogP contribution < -0.4 is 15.1 Å². The van der Waals surface area contributed by atoms with Crippen LogP contribution in [0.2, 0.25) is 0 Å². The molecule has 2 aliphatic rings. The van der Waals surface area contributed by atoms with Crippen molar-refractivity contribution in [1.29, 1.82) is 0 Å². The maximum atomic E-state index is 13.3. The van der Waals surface area contributed by atoms with Crippen molar-refractivity contribution in [2.45, 2.75) is 56.9 Å². The van der Waals surface area contributed by atoms with Crippen molar-refractivity contribution in [1.82, 2.24) is 4.31 Å². The number of fused-ring (bicyclic) bond motifs is 1. The first-order valence-electron chi connectivity index (χ1n) is 12.1. The van der Waals surface area contributed by atoms with Crippen molar-refractivity contribution in [2.24, 2.45) is 0 Å². The molecule has 2 aromatic rings. The molecule has 0 bridgehead atoms. The highest BCUT2D eigenvalue weighted by atomic mass is 32.2. The molecule has 8 nitrogen and oxygen atoms in total. The van der Waals surface area contributed by atoms with Gasteiger partial charge in [0.05, 0.1) is 4.90 Å². The molecule has 0 spiro atoms. The predicted molar refractivity (Wildman–Crippen MR) is 138 cm³/mol. The first-order chi connectivity index (χ1) is 16.6. The van der Waals surface area contributed by atoms with E-state index in [1.807, 2.05) is 51.0 Å². The number of aryl methyl sites for hydroxylation is 2. The second-order valence-electron chi connectivity index (χ2n) is 9.67. The molecular weight excluding hydrogens is 464 g/mol. The van der Waals surface area contributed by atoms with E-state index in [-0.39, 0.29) is 35.7 Å². The number of carbonyl (C=O) groups excluding carboxylic acids is 2. The lowest BCUT2D eigenvalue weighted by Crippen LogP contribution is -2.42. The van der Waals surface area contributed by atoms with Gasteiger partial charge >= 0.3 is 0 Å². The zero-order valence-electron chi connectivity index (χ0n) is 20.9. The topological polar surface area (TPSA) is 90.0 Å². The smallest absolute Gasteiger partial charge is 0.244 e. The highest BCUT2D eigenvalue weighted by Crippen LogP contribution is 2.33. The molecule has 0 saturated carbocycles. The van der Waals surface area contributed by atoms with E-state index in [0.717, 1.165) is 36.1 Å². The molecule has 4 rings (SSSR count). The van der Waals surface area contributed by atoms with E-state index in [9.17, 15) is 18.0 Å². The predicted octanol–water partition coefficient (Wildman–Crippen LogP) is 3.54. The number of carbonyl (C=O) groups is 2. The van der Waals surface area contributed by atoms with Crippen LogP contribution in [-0.2, 0) is 26.0 Å². The fourth-order valence-corrected chi connectivity index (χ4v) is 6.70. The van der Waals surface area contributed by atoms with Crippen molar-refractivity contribution >= 4 is 38.9 Å². The van der Waals surface area contributed by atoms with Crippen molar-refractivity contribution < 1.29 is 18.0 Å². The van der Waals surface area contributed by atoms with Crippen molar-refractivity contribution in [3.8, 4) is 0 Å². The van der Waals surface area contributed by atoms with Gasteiger partial charge in [-0.1, -0.05) is 12.5 Å². The molecule has 0 unspecified atom stereocenters. The Morgan fingerprint density at radius 1 is 1.11 bits per heavy atom. The highest BCUT2D eigenvalue weighted by molar-refractivity contribution is 7.89. The van der Waals surface area contributed by atoms with Gasteiger partial charge in [0.1, 0.15) is 6.54 Å². The molecule has 0 aliphatic carbocycles. The Kier molecular flexibility index (Phi) is 7.19. The fourth-order valence-electron chi connectivity index (χ4n) is 4.95. The first-order valence-corrected chi connectivity index (χ1v) is 13.5. The Labute approximate surface area is 207 Å². The molecule has 2 amide bonds. The van der Waals surface area contributed by atoms with Gasteiger partial charge in [-0.05, 0) is 74.6 Å².